The average molecular weight is 179 g/mol. The largest absolute Gasteiger partial charge is 0.332 e. The van der Waals surface area contributed by atoms with Crippen molar-refractivity contribution in [3.63, 3.8) is 0 Å². The van der Waals surface area contributed by atoms with E-state index in [2.05, 4.69) is 0 Å². The number of hydrogen-bond donors (Lipinski definition) is 0. The molecule has 0 unspecified atom stereocenters. The van der Waals surface area contributed by atoms with Gasteiger partial charge in [-0.25, -0.2) is 4.39 Å². The van der Waals surface area contributed by atoms with Crippen molar-refractivity contribution in [1.29, 1.82) is 0 Å². The predicted octanol–water partition coefficient (Wildman–Crippen LogP) is 1.50. The van der Waals surface area contributed by atoms with Gasteiger partial charge in [0.25, 0.3) is 5.91 Å². The van der Waals surface area contributed by atoms with Gasteiger partial charge >= 0.3 is 0 Å². The fourth-order valence-corrected chi connectivity index (χ4v) is 1.59. The lowest BCUT2D eigenvalue weighted by Crippen LogP contribution is -2.26. The van der Waals surface area contributed by atoms with E-state index in [9.17, 15) is 9.18 Å². The quantitative estimate of drug-likeness (QED) is 0.639. The molecule has 0 radical (unpaired) electrons. The van der Waals surface area contributed by atoms with Crippen LogP contribution in [0.4, 0.5) is 4.39 Å². The van der Waals surface area contributed by atoms with Crippen LogP contribution in [0.25, 0.3) is 0 Å². The van der Waals surface area contributed by atoms with Crippen molar-refractivity contribution in [1.82, 2.24) is 4.90 Å². The van der Waals surface area contributed by atoms with Crippen LogP contribution in [0.1, 0.15) is 11.1 Å². The Morgan fingerprint density at radius 1 is 1.31 bits per heavy atom. The van der Waals surface area contributed by atoms with Crippen molar-refractivity contribution in [2.45, 2.75) is 13.1 Å². The number of alkyl halides is 1. The van der Waals surface area contributed by atoms with Crippen molar-refractivity contribution in [2.24, 2.45) is 0 Å². The Labute approximate surface area is 76.0 Å². The first kappa shape index (κ1) is 8.23. The first-order chi connectivity index (χ1) is 6.31. The molecule has 2 nitrogen and oxygen atoms in total. The fraction of sp³-hybridized carbons (Fsp3) is 0.300. The highest BCUT2D eigenvalue weighted by atomic mass is 19.1. The molecule has 1 aliphatic heterocycles. The monoisotopic (exact) mass is 179 g/mol. The molecule has 0 aliphatic carbocycles. The maximum absolute atomic E-state index is 12.1. The number of carbonyl (C=O) groups excluding carboxylic acids is 1. The van der Waals surface area contributed by atoms with E-state index in [0.717, 1.165) is 11.1 Å². The van der Waals surface area contributed by atoms with E-state index in [1.54, 1.807) is 0 Å². The van der Waals surface area contributed by atoms with Crippen molar-refractivity contribution in [2.75, 3.05) is 6.67 Å². The first-order valence-electron chi connectivity index (χ1n) is 4.22. The van der Waals surface area contributed by atoms with E-state index in [4.69, 9.17) is 0 Å². The summed E-state index contributed by atoms with van der Waals surface area (Å²) in [5.74, 6) is -0.420. The number of hydrogen-bond acceptors (Lipinski definition) is 1. The number of nitrogens with zero attached hydrogens (tertiary/aromatic N) is 1. The third-order valence-corrected chi connectivity index (χ3v) is 2.31. The minimum absolute atomic E-state index is 0.420. The molecule has 0 aromatic heterocycles. The maximum atomic E-state index is 12.1. The number of fused-ring (bicyclic) bond motifs is 1. The third-order valence-electron chi connectivity index (χ3n) is 2.31. The van der Waals surface area contributed by atoms with Crippen LogP contribution in [-0.4, -0.2) is 17.5 Å². The van der Waals surface area contributed by atoms with Crippen molar-refractivity contribution < 1.29 is 9.18 Å². The van der Waals surface area contributed by atoms with Crippen molar-refractivity contribution in [3.05, 3.63) is 35.4 Å². The van der Waals surface area contributed by atoms with E-state index >= 15 is 0 Å². The predicted molar refractivity (Wildman–Crippen MR) is 46.7 cm³/mol. The number of carbonyl (C=O) groups is 1. The summed E-state index contributed by atoms with van der Waals surface area (Å²) in [6, 6.07) is 7.81. The van der Waals surface area contributed by atoms with Gasteiger partial charge in [-0.15, -0.1) is 0 Å². The van der Waals surface area contributed by atoms with Gasteiger partial charge in [0, 0.05) is 13.1 Å². The number of benzene rings is 1. The second-order valence-corrected chi connectivity index (χ2v) is 3.15. The van der Waals surface area contributed by atoms with Gasteiger partial charge in [0.2, 0.25) is 0 Å². The topological polar surface area (TPSA) is 20.3 Å². The number of rotatable bonds is 1. The van der Waals surface area contributed by atoms with Crippen LogP contribution >= 0.6 is 0 Å². The molecule has 2 rings (SSSR count). The van der Waals surface area contributed by atoms with Gasteiger partial charge in [-0.2, -0.15) is 0 Å². The van der Waals surface area contributed by atoms with Gasteiger partial charge in [0.15, 0.2) is 6.67 Å². The number of amides is 1. The van der Waals surface area contributed by atoms with Crippen molar-refractivity contribution >= 4 is 5.91 Å². The molecule has 68 valence electrons. The first-order valence-corrected chi connectivity index (χ1v) is 4.22. The van der Waals surface area contributed by atoms with Crippen molar-refractivity contribution in [3.8, 4) is 0 Å². The Bertz CT molecular complexity index is 312. The second-order valence-electron chi connectivity index (χ2n) is 3.15. The van der Waals surface area contributed by atoms with Gasteiger partial charge in [-0.05, 0) is 11.1 Å². The molecule has 1 aromatic carbocycles. The average Bonchev–Trinajstić information content (AvgIpc) is 2.59. The van der Waals surface area contributed by atoms with Crippen LogP contribution in [0.5, 0.6) is 0 Å². The molecule has 0 spiro atoms. The lowest BCUT2D eigenvalue weighted by Gasteiger charge is -2.12. The van der Waals surface area contributed by atoms with E-state index in [-0.39, 0.29) is 0 Å². The van der Waals surface area contributed by atoms with Crippen LogP contribution < -0.4 is 0 Å². The summed E-state index contributed by atoms with van der Waals surface area (Å²) in [6.07, 6.45) is 0. The Balaban J connectivity index is 2.18. The summed E-state index contributed by atoms with van der Waals surface area (Å²) in [5, 5.41) is 0. The molecule has 0 bridgehead atoms. The second kappa shape index (κ2) is 3.17. The number of halogens is 1. The lowest BCUT2D eigenvalue weighted by atomic mass is 10.1. The Hall–Kier alpha value is -1.38. The van der Waals surface area contributed by atoms with Gasteiger partial charge in [0.1, 0.15) is 0 Å². The molecule has 1 amide bonds. The molecule has 13 heavy (non-hydrogen) atoms. The third kappa shape index (κ3) is 1.41. The smallest absolute Gasteiger partial charge is 0.254 e. The summed E-state index contributed by atoms with van der Waals surface area (Å²) in [6.45, 7) is 0.214. The standard InChI is InChI=1S/C10H10FNO/c11-5-10(13)12-6-8-3-1-2-4-9(8)7-12/h1-4H,5-7H2. The highest BCUT2D eigenvalue weighted by Crippen LogP contribution is 2.21. The molecule has 0 atom stereocenters. The molecular formula is C10H10FNO. The molecule has 1 aromatic rings. The lowest BCUT2D eigenvalue weighted by molar-refractivity contribution is -0.132. The Morgan fingerprint density at radius 3 is 2.31 bits per heavy atom. The molecule has 0 fully saturated rings. The fourth-order valence-electron chi connectivity index (χ4n) is 1.59. The Morgan fingerprint density at radius 2 is 1.85 bits per heavy atom. The van der Waals surface area contributed by atoms with Crippen LogP contribution in [0.2, 0.25) is 0 Å². The minimum atomic E-state index is -0.895. The van der Waals surface area contributed by atoms with E-state index in [0.29, 0.717) is 13.1 Å². The SMILES string of the molecule is O=C(CF)N1Cc2ccccc2C1. The molecule has 0 N–H and O–H groups in total. The maximum Gasteiger partial charge on any atom is 0.254 e. The molecule has 1 heterocycles. The van der Waals surface area contributed by atoms with E-state index < -0.39 is 12.6 Å². The summed E-state index contributed by atoms with van der Waals surface area (Å²) in [7, 11) is 0. The summed E-state index contributed by atoms with van der Waals surface area (Å²) in [4.78, 5) is 12.6. The normalized spacial score (nSPS) is 14.4. The highest BCUT2D eigenvalue weighted by Gasteiger charge is 2.21. The minimum Gasteiger partial charge on any atom is -0.332 e. The van der Waals surface area contributed by atoms with Crippen LogP contribution in [-0.2, 0) is 17.9 Å². The van der Waals surface area contributed by atoms with Gasteiger partial charge in [-0.1, -0.05) is 24.3 Å². The van der Waals surface area contributed by atoms with Crippen LogP contribution in [0, 0.1) is 0 Å². The van der Waals surface area contributed by atoms with Crippen LogP contribution in [0.15, 0.2) is 24.3 Å². The van der Waals surface area contributed by atoms with Crippen LogP contribution in [0.3, 0.4) is 0 Å². The van der Waals surface area contributed by atoms with Gasteiger partial charge < -0.3 is 4.90 Å². The summed E-state index contributed by atoms with van der Waals surface area (Å²) < 4.78 is 12.1. The van der Waals surface area contributed by atoms with E-state index in [1.165, 1.54) is 4.90 Å². The summed E-state index contributed by atoms with van der Waals surface area (Å²) >= 11 is 0. The summed E-state index contributed by atoms with van der Waals surface area (Å²) in [5.41, 5.74) is 2.26. The Kier molecular flexibility index (Phi) is 2.00. The molecule has 3 heteroatoms. The molecular weight excluding hydrogens is 169 g/mol. The molecule has 1 aliphatic rings. The zero-order valence-corrected chi connectivity index (χ0v) is 7.16. The van der Waals surface area contributed by atoms with Gasteiger partial charge in [0.05, 0.1) is 0 Å². The zero-order chi connectivity index (χ0) is 9.26. The molecule has 0 saturated heterocycles. The molecule has 0 saturated carbocycles. The van der Waals surface area contributed by atoms with E-state index in [1.807, 2.05) is 24.3 Å². The zero-order valence-electron chi connectivity index (χ0n) is 7.16. The highest BCUT2D eigenvalue weighted by molar-refractivity contribution is 5.78. The van der Waals surface area contributed by atoms with Gasteiger partial charge in [-0.3, -0.25) is 4.79 Å².